The predicted molar refractivity (Wildman–Crippen MR) is 152 cm³/mol. The molecule has 0 aliphatic rings. The largest absolute Gasteiger partial charge is 0.497 e. The Kier molecular flexibility index (Phi) is 9.20. The normalized spacial score (nSPS) is 12.1. The van der Waals surface area contributed by atoms with Gasteiger partial charge in [-0.15, -0.1) is 0 Å². The number of imidazole rings is 1. The zero-order valence-corrected chi connectivity index (χ0v) is 25.0. The first-order valence-corrected chi connectivity index (χ1v) is 15.2. The fourth-order valence-electron chi connectivity index (χ4n) is 4.19. The zero-order chi connectivity index (χ0) is 31.5. The highest BCUT2D eigenvalue weighted by atomic mass is 32.2. The third-order valence-electron chi connectivity index (χ3n) is 6.17. The summed E-state index contributed by atoms with van der Waals surface area (Å²) in [6, 6.07) is 7.71. The number of hydrogen-bond donors (Lipinski definition) is 2. The molecule has 43 heavy (non-hydrogen) atoms. The number of aromatic nitrogens is 3. The summed E-state index contributed by atoms with van der Waals surface area (Å²) in [6.45, 7) is 1.92. The fraction of sp³-hybridized carbons (Fsp3) is 0.259. The first-order chi connectivity index (χ1) is 20.4. The van der Waals surface area contributed by atoms with Gasteiger partial charge in [-0.05, 0) is 38.1 Å². The Morgan fingerprint density at radius 1 is 0.953 bits per heavy atom. The van der Waals surface area contributed by atoms with Gasteiger partial charge < -0.3 is 29.2 Å². The van der Waals surface area contributed by atoms with E-state index in [9.17, 15) is 22.2 Å². The van der Waals surface area contributed by atoms with Gasteiger partial charge in [0.15, 0.2) is 24.7 Å². The first kappa shape index (κ1) is 31.2. The van der Waals surface area contributed by atoms with Gasteiger partial charge in [0, 0.05) is 29.5 Å². The Hall–Kier alpha value is -4.70. The van der Waals surface area contributed by atoms with Gasteiger partial charge in [0.1, 0.15) is 11.5 Å². The molecule has 1 atom stereocenters. The molecule has 14 nitrogen and oxygen atoms in total. The van der Waals surface area contributed by atoms with Gasteiger partial charge in [-0.25, -0.2) is 27.0 Å². The molecule has 0 fully saturated rings. The van der Waals surface area contributed by atoms with Gasteiger partial charge in [0.05, 0.1) is 52.4 Å². The molecule has 2 aromatic carbocycles. The number of nitrogens with zero attached hydrogens (tertiary/aromatic N) is 3. The van der Waals surface area contributed by atoms with Crippen LogP contribution in [0.3, 0.4) is 0 Å². The Labute approximate surface area is 248 Å². The molecular weight excluding hydrogens is 606 g/mol. The van der Waals surface area contributed by atoms with Gasteiger partial charge >= 0.3 is 11.9 Å². The summed E-state index contributed by atoms with van der Waals surface area (Å²) in [5, 5.41) is 17.7. The highest BCUT2D eigenvalue weighted by Gasteiger charge is 2.29. The summed E-state index contributed by atoms with van der Waals surface area (Å²) in [6.07, 6.45) is 1.57. The van der Waals surface area contributed by atoms with E-state index in [2.05, 4.69) is 9.97 Å². The van der Waals surface area contributed by atoms with E-state index in [1.54, 1.807) is 13.1 Å². The molecule has 1 unspecified atom stereocenters. The molecule has 0 saturated carbocycles. The molecule has 0 saturated heterocycles. The van der Waals surface area contributed by atoms with Crippen molar-refractivity contribution in [2.75, 3.05) is 27.4 Å². The van der Waals surface area contributed by atoms with Gasteiger partial charge in [0.25, 0.3) is 10.0 Å². The molecule has 4 aromatic rings. The average Bonchev–Trinajstić information content (AvgIpc) is 3.36. The molecule has 2 aromatic heterocycles. The summed E-state index contributed by atoms with van der Waals surface area (Å²) >= 11 is 0. The Balaban J connectivity index is 1.86. The number of pyridine rings is 1. The molecule has 0 aliphatic carbocycles. The van der Waals surface area contributed by atoms with Gasteiger partial charge in [-0.2, -0.15) is 0 Å². The van der Waals surface area contributed by atoms with Crippen molar-refractivity contribution < 1.29 is 51.4 Å². The average molecular weight is 634 g/mol. The van der Waals surface area contributed by atoms with Crippen molar-refractivity contribution in [2.45, 2.75) is 29.7 Å². The van der Waals surface area contributed by atoms with Crippen LogP contribution < -0.4 is 18.9 Å². The van der Waals surface area contributed by atoms with Crippen LogP contribution in [0.15, 0.2) is 52.6 Å². The summed E-state index contributed by atoms with van der Waals surface area (Å²) in [4.78, 5) is 30.5. The van der Waals surface area contributed by atoms with Crippen LogP contribution >= 0.6 is 0 Å². The predicted octanol–water partition coefficient (Wildman–Crippen LogP) is 2.54. The zero-order valence-electron chi connectivity index (χ0n) is 23.4. The lowest BCUT2D eigenvalue weighted by atomic mass is 10.1. The second kappa shape index (κ2) is 12.7. The lowest BCUT2D eigenvalue weighted by molar-refractivity contribution is -0.140. The number of hydrogen-bond acceptors (Lipinski definition) is 11. The first-order valence-electron chi connectivity index (χ1n) is 12.4. The van der Waals surface area contributed by atoms with Crippen LogP contribution in [-0.2, 0) is 36.2 Å². The monoisotopic (exact) mass is 633 g/mol. The molecule has 4 rings (SSSR count). The van der Waals surface area contributed by atoms with Crippen LogP contribution in [0.2, 0.25) is 0 Å². The minimum absolute atomic E-state index is 0.0922. The number of ether oxygens (including phenoxy) is 4. The van der Waals surface area contributed by atoms with Crippen LogP contribution in [-0.4, -0.2) is 76.2 Å². The summed E-state index contributed by atoms with van der Waals surface area (Å²) < 4.78 is 63.9. The van der Waals surface area contributed by atoms with E-state index in [1.165, 1.54) is 32.4 Å². The van der Waals surface area contributed by atoms with Crippen molar-refractivity contribution in [3.05, 3.63) is 59.4 Å². The van der Waals surface area contributed by atoms with Crippen LogP contribution in [0.25, 0.3) is 11.0 Å². The van der Waals surface area contributed by atoms with Gasteiger partial charge in [-0.3, -0.25) is 9.19 Å². The molecular formula is C27H27N3O11S2. The minimum atomic E-state index is -4.57. The number of rotatable bonds is 13. The second-order valence-corrected chi connectivity index (χ2v) is 12.2. The number of carboxylic acids is 2. The Morgan fingerprint density at radius 2 is 1.63 bits per heavy atom. The van der Waals surface area contributed by atoms with E-state index in [-0.39, 0.29) is 33.4 Å². The van der Waals surface area contributed by atoms with Gasteiger partial charge in [0.2, 0.25) is 5.16 Å². The molecule has 0 amide bonds. The van der Waals surface area contributed by atoms with Crippen LogP contribution in [0.1, 0.15) is 16.8 Å². The SMILES string of the molecule is COc1ccc2c(c1)nc(S(=O)Cc1ncc(C)c(OC)c1C)n2S(=O)(=O)c1ccc(OCC(=O)O)c(OCC(=O)O)c1. The maximum atomic E-state index is 14.1. The molecule has 0 aliphatic heterocycles. The van der Waals surface area contributed by atoms with Crippen LogP contribution in [0.5, 0.6) is 23.0 Å². The quantitative estimate of drug-likeness (QED) is 0.218. The van der Waals surface area contributed by atoms with Gasteiger partial charge in [-0.1, -0.05) is 0 Å². The Morgan fingerprint density at radius 3 is 2.26 bits per heavy atom. The van der Waals surface area contributed by atoms with Crippen LogP contribution in [0, 0.1) is 13.8 Å². The van der Waals surface area contributed by atoms with Crippen LogP contribution in [0.4, 0.5) is 0 Å². The number of aryl methyl sites for hydroxylation is 1. The molecule has 2 heterocycles. The molecule has 16 heteroatoms. The summed E-state index contributed by atoms with van der Waals surface area (Å²) in [7, 11) is -3.69. The lowest BCUT2D eigenvalue weighted by Gasteiger charge is -2.15. The van der Waals surface area contributed by atoms with Crippen molar-refractivity contribution in [2.24, 2.45) is 0 Å². The molecule has 2 N–H and O–H groups in total. The molecule has 0 spiro atoms. The maximum absolute atomic E-state index is 14.1. The number of benzene rings is 2. The fourth-order valence-corrected chi connectivity index (χ4v) is 7.25. The number of carboxylic acid groups (broad SMARTS) is 2. The summed E-state index contributed by atoms with van der Waals surface area (Å²) in [5.74, 6) is -2.44. The lowest BCUT2D eigenvalue weighted by Crippen LogP contribution is -2.19. The summed E-state index contributed by atoms with van der Waals surface area (Å²) in [5.41, 5.74) is 2.10. The number of fused-ring (bicyclic) bond motifs is 1. The van der Waals surface area contributed by atoms with Crippen molar-refractivity contribution in [1.29, 1.82) is 0 Å². The van der Waals surface area contributed by atoms with E-state index in [0.29, 0.717) is 22.8 Å². The van der Waals surface area contributed by atoms with E-state index in [4.69, 9.17) is 29.2 Å². The van der Waals surface area contributed by atoms with E-state index >= 15 is 0 Å². The molecule has 0 bridgehead atoms. The van der Waals surface area contributed by atoms with Crippen molar-refractivity contribution in [3.63, 3.8) is 0 Å². The smallest absolute Gasteiger partial charge is 0.341 e. The van der Waals surface area contributed by atoms with Crippen molar-refractivity contribution >= 4 is 43.8 Å². The maximum Gasteiger partial charge on any atom is 0.341 e. The third-order valence-corrected chi connectivity index (χ3v) is 9.20. The topological polar surface area (TPSA) is 193 Å². The van der Waals surface area contributed by atoms with E-state index in [0.717, 1.165) is 27.7 Å². The molecule has 228 valence electrons. The van der Waals surface area contributed by atoms with Crippen molar-refractivity contribution in [1.82, 2.24) is 13.9 Å². The number of aliphatic carboxylic acids is 2. The number of carbonyl (C=O) groups is 2. The number of methoxy groups -OCH3 is 2. The highest BCUT2D eigenvalue weighted by Crippen LogP contribution is 2.34. The Bertz CT molecular complexity index is 1850. The van der Waals surface area contributed by atoms with Crippen molar-refractivity contribution in [3.8, 4) is 23.0 Å². The third kappa shape index (κ3) is 6.54. The standard InChI is InChI=1S/C27H27N3O11S2/c1-15-11-28-20(16(2)26(15)39-4)14-42(35)27-29-19-9-17(38-3)5-7-21(19)30(27)43(36,37)18-6-8-22(40-12-24(31)32)23(10-18)41-13-25(33)34/h5-11H,12-14H2,1-4H3,(H,31,32)(H,33,34). The molecule has 0 radical (unpaired) electrons. The minimum Gasteiger partial charge on any atom is -0.497 e. The van der Waals surface area contributed by atoms with E-state index in [1.807, 2.05) is 6.92 Å². The highest BCUT2D eigenvalue weighted by molar-refractivity contribution is 7.91. The van der Waals surface area contributed by atoms with E-state index < -0.39 is 50.9 Å². The second-order valence-electron chi connectivity index (χ2n) is 9.03.